The fourth-order valence-corrected chi connectivity index (χ4v) is 2.76. The van der Waals surface area contributed by atoms with Crippen LogP contribution in [0.15, 0.2) is 24.3 Å². The molecule has 0 unspecified atom stereocenters. The molecular formula is C16H24N4O2. The summed E-state index contributed by atoms with van der Waals surface area (Å²) in [5, 5.41) is 2.95. The van der Waals surface area contributed by atoms with E-state index in [9.17, 15) is 9.59 Å². The predicted octanol–water partition coefficient (Wildman–Crippen LogP) is 1.42. The normalized spacial score (nSPS) is 17.4. The molecular weight excluding hydrogens is 280 g/mol. The molecule has 1 fully saturated rings. The van der Waals surface area contributed by atoms with Crippen LogP contribution in [-0.2, 0) is 0 Å². The third-order valence-corrected chi connectivity index (χ3v) is 4.09. The lowest BCUT2D eigenvalue weighted by atomic mass is 10.1. The number of nitrogens with two attached hydrogens (primary N) is 1. The molecule has 1 saturated heterocycles. The Labute approximate surface area is 131 Å². The number of hydrogen-bond donors (Lipinski definition) is 2. The summed E-state index contributed by atoms with van der Waals surface area (Å²) in [6.45, 7) is 7.17. The maximum atomic E-state index is 12.2. The maximum Gasteiger partial charge on any atom is 0.314 e. The number of primary amides is 1. The summed E-state index contributed by atoms with van der Waals surface area (Å²) in [6.07, 6.45) is 0.742. The van der Waals surface area contributed by atoms with Gasteiger partial charge in [0.25, 0.3) is 5.91 Å². The second-order valence-electron chi connectivity index (χ2n) is 5.46. The second-order valence-corrected chi connectivity index (χ2v) is 5.46. The molecule has 1 atom stereocenters. The monoisotopic (exact) mass is 304 g/mol. The van der Waals surface area contributed by atoms with Crippen molar-refractivity contribution in [2.75, 3.05) is 31.1 Å². The number of likely N-dealkylation sites (tertiary alicyclic amines) is 1. The fourth-order valence-electron chi connectivity index (χ4n) is 2.76. The number of benzene rings is 1. The van der Waals surface area contributed by atoms with Gasteiger partial charge < -0.3 is 20.9 Å². The average molecular weight is 304 g/mol. The van der Waals surface area contributed by atoms with E-state index in [1.165, 1.54) is 0 Å². The average Bonchev–Trinajstić information content (AvgIpc) is 2.98. The molecule has 3 amide bonds. The predicted molar refractivity (Wildman–Crippen MR) is 87.0 cm³/mol. The molecule has 1 aromatic rings. The number of rotatable bonds is 5. The smallest absolute Gasteiger partial charge is 0.314 e. The van der Waals surface area contributed by atoms with Gasteiger partial charge in [-0.2, -0.15) is 0 Å². The number of nitrogens with one attached hydrogen (secondary N) is 1. The van der Waals surface area contributed by atoms with Crippen molar-refractivity contribution >= 4 is 17.6 Å². The summed E-state index contributed by atoms with van der Waals surface area (Å²) < 4.78 is 0. The van der Waals surface area contributed by atoms with Crippen molar-refractivity contribution in [2.45, 2.75) is 26.3 Å². The fraction of sp³-hybridized carbons (Fsp3) is 0.500. The van der Waals surface area contributed by atoms with E-state index in [4.69, 9.17) is 5.73 Å². The van der Waals surface area contributed by atoms with Crippen molar-refractivity contribution in [3.63, 3.8) is 0 Å². The van der Waals surface area contributed by atoms with Gasteiger partial charge in [-0.25, -0.2) is 4.79 Å². The van der Waals surface area contributed by atoms with Gasteiger partial charge in [-0.1, -0.05) is 0 Å². The lowest BCUT2D eigenvalue weighted by Gasteiger charge is -2.21. The van der Waals surface area contributed by atoms with Gasteiger partial charge in [-0.05, 0) is 44.5 Å². The van der Waals surface area contributed by atoms with Crippen LogP contribution in [0.5, 0.6) is 0 Å². The molecule has 120 valence electrons. The molecule has 0 spiro atoms. The topological polar surface area (TPSA) is 78.7 Å². The third-order valence-electron chi connectivity index (χ3n) is 4.09. The Morgan fingerprint density at radius 2 is 1.91 bits per heavy atom. The van der Waals surface area contributed by atoms with Crippen LogP contribution in [0.3, 0.4) is 0 Å². The van der Waals surface area contributed by atoms with Gasteiger partial charge in [-0.15, -0.1) is 0 Å². The van der Waals surface area contributed by atoms with Gasteiger partial charge in [0.1, 0.15) is 0 Å². The van der Waals surface area contributed by atoms with Crippen LogP contribution in [-0.4, -0.2) is 49.1 Å². The lowest BCUT2D eigenvalue weighted by Crippen LogP contribution is -2.40. The first kappa shape index (κ1) is 16.1. The van der Waals surface area contributed by atoms with Crippen molar-refractivity contribution in [3.05, 3.63) is 29.8 Å². The van der Waals surface area contributed by atoms with Gasteiger partial charge in [0, 0.05) is 43.5 Å². The Morgan fingerprint density at radius 3 is 2.41 bits per heavy atom. The number of urea groups is 1. The van der Waals surface area contributed by atoms with Crippen LogP contribution in [0.1, 0.15) is 30.6 Å². The number of carbonyl (C=O) groups is 2. The highest BCUT2D eigenvalue weighted by atomic mass is 16.2. The van der Waals surface area contributed by atoms with Gasteiger partial charge in [-0.3, -0.25) is 4.79 Å². The van der Waals surface area contributed by atoms with Gasteiger partial charge in [0.15, 0.2) is 0 Å². The zero-order valence-corrected chi connectivity index (χ0v) is 13.2. The standard InChI is InChI=1S/C16H24N4O2/c1-3-19(4-2)14-7-5-12(6-8-14)15(21)18-13-9-10-20(11-13)16(17)22/h5-8,13H,3-4,9-11H2,1-2H3,(H2,17,22)(H,18,21)/t13-/m1/s1. The van der Waals surface area contributed by atoms with Gasteiger partial charge in [0.05, 0.1) is 0 Å². The molecule has 1 aliphatic rings. The van der Waals surface area contributed by atoms with E-state index >= 15 is 0 Å². The van der Waals surface area contributed by atoms with Crippen LogP contribution in [0, 0.1) is 0 Å². The van der Waals surface area contributed by atoms with E-state index < -0.39 is 6.03 Å². The van der Waals surface area contributed by atoms with Crippen LogP contribution >= 0.6 is 0 Å². The minimum Gasteiger partial charge on any atom is -0.372 e. The highest BCUT2D eigenvalue weighted by Gasteiger charge is 2.26. The van der Waals surface area contributed by atoms with Crippen molar-refractivity contribution < 1.29 is 9.59 Å². The molecule has 6 heteroatoms. The molecule has 0 radical (unpaired) electrons. The van der Waals surface area contributed by atoms with Crippen molar-refractivity contribution in [1.82, 2.24) is 10.2 Å². The first-order valence-corrected chi connectivity index (χ1v) is 7.75. The minimum absolute atomic E-state index is 0.0255. The molecule has 0 aromatic heterocycles. The largest absolute Gasteiger partial charge is 0.372 e. The van der Waals surface area contributed by atoms with E-state index in [0.717, 1.165) is 25.2 Å². The third kappa shape index (κ3) is 3.69. The number of nitrogens with zero attached hydrogens (tertiary/aromatic N) is 2. The lowest BCUT2D eigenvalue weighted by molar-refractivity contribution is 0.0938. The number of amides is 3. The van der Waals surface area contributed by atoms with Gasteiger partial charge >= 0.3 is 6.03 Å². The van der Waals surface area contributed by atoms with E-state index in [1.807, 2.05) is 24.3 Å². The molecule has 1 aliphatic heterocycles. The van der Waals surface area contributed by atoms with Crippen molar-refractivity contribution in [3.8, 4) is 0 Å². The zero-order valence-electron chi connectivity index (χ0n) is 13.2. The second kappa shape index (κ2) is 7.15. The highest BCUT2D eigenvalue weighted by molar-refractivity contribution is 5.94. The Morgan fingerprint density at radius 1 is 1.27 bits per heavy atom. The van der Waals surface area contributed by atoms with Crippen LogP contribution < -0.4 is 16.0 Å². The first-order valence-electron chi connectivity index (χ1n) is 7.75. The number of hydrogen-bond acceptors (Lipinski definition) is 3. The number of anilines is 1. The zero-order chi connectivity index (χ0) is 16.1. The maximum absolute atomic E-state index is 12.2. The van der Waals surface area contributed by atoms with Crippen molar-refractivity contribution in [1.29, 1.82) is 0 Å². The Hall–Kier alpha value is -2.24. The Bertz CT molecular complexity index is 525. The molecule has 0 bridgehead atoms. The SMILES string of the molecule is CCN(CC)c1ccc(C(=O)N[C@@H]2CCN(C(N)=O)C2)cc1. The molecule has 2 rings (SSSR count). The van der Waals surface area contributed by atoms with Crippen LogP contribution in [0.4, 0.5) is 10.5 Å². The summed E-state index contributed by atoms with van der Waals surface area (Å²) in [7, 11) is 0. The van der Waals surface area contributed by atoms with E-state index in [0.29, 0.717) is 18.7 Å². The molecule has 0 aliphatic carbocycles. The highest BCUT2D eigenvalue weighted by Crippen LogP contribution is 2.15. The van der Waals surface area contributed by atoms with E-state index in [-0.39, 0.29) is 11.9 Å². The molecule has 3 N–H and O–H groups in total. The van der Waals surface area contributed by atoms with Crippen LogP contribution in [0.25, 0.3) is 0 Å². The molecule has 22 heavy (non-hydrogen) atoms. The number of carbonyl (C=O) groups excluding carboxylic acids is 2. The Balaban J connectivity index is 1.94. The molecule has 1 aromatic carbocycles. The quantitative estimate of drug-likeness (QED) is 0.863. The molecule has 0 saturated carbocycles. The molecule has 1 heterocycles. The summed E-state index contributed by atoms with van der Waals surface area (Å²) in [6, 6.07) is 7.15. The summed E-state index contributed by atoms with van der Waals surface area (Å²) in [5.74, 6) is -0.109. The molecule has 6 nitrogen and oxygen atoms in total. The summed E-state index contributed by atoms with van der Waals surface area (Å²) in [4.78, 5) is 27.1. The van der Waals surface area contributed by atoms with Crippen LogP contribution in [0.2, 0.25) is 0 Å². The van der Waals surface area contributed by atoms with Crippen molar-refractivity contribution in [2.24, 2.45) is 5.73 Å². The van der Waals surface area contributed by atoms with Gasteiger partial charge in [0.2, 0.25) is 0 Å². The summed E-state index contributed by atoms with van der Waals surface area (Å²) >= 11 is 0. The minimum atomic E-state index is -0.430. The Kier molecular flexibility index (Phi) is 5.25. The summed E-state index contributed by atoms with van der Waals surface area (Å²) in [5.41, 5.74) is 6.99. The first-order chi connectivity index (χ1) is 10.5. The van der Waals surface area contributed by atoms with E-state index in [1.54, 1.807) is 4.90 Å². The van der Waals surface area contributed by atoms with E-state index in [2.05, 4.69) is 24.1 Å².